The van der Waals surface area contributed by atoms with Gasteiger partial charge >= 0.3 is 0 Å². The van der Waals surface area contributed by atoms with Crippen molar-refractivity contribution in [2.45, 2.75) is 52.1 Å². The summed E-state index contributed by atoms with van der Waals surface area (Å²) in [7, 11) is 0. The van der Waals surface area contributed by atoms with Crippen molar-refractivity contribution in [2.75, 3.05) is 5.32 Å². The van der Waals surface area contributed by atoms with E-state index in [2.05, 4.69) is 15.6 Å². The molecule has 0 aliphatic heterocycles. The lowest BCUT2D eigenvalue weighted by molar-refractivity contribution is -0.126. The molecule has 2 aromatic carbocycles. The molecule has 1 fully saturated rings. The second-order valence-electron chi connectivity index (χ2n) is 8.02. The molecule has 4 rings (SSSR count). The number of carbonyl (C=O) groups excluding carboxylic acids is 2. The minimum atomic E-state index is -0.118. The van der Waals surface area contributed by atoms with Crippen LogP contribution in [0.3, 0.4) is 0 Å². The Labute approximate surface area is 176 Å². The van der Waals surface area contributed by atoms with Gasteiger partial charge in [0.15, 0.2) is 0 Å². The first-order valence-electron chi connectivity index (χ1n) is 10.7. The molecule has 0 spiro atoms. The average molecular weight is 405 g/mol. The number of anilines is 1. The molecule has 0 radical (unpaired) electrons. The average Bonchev–Trinajstić information content (AvgIpc) is 3.11. The highest BCUT2D eigenvalue weighted by molar-refractivity contribution is 5.92. The van der Waals surface area contributed by atoms with E-state index >= 15 is 0 Å². The van der Waals surface area contributed by atoms with Crippen LogP contribution in [0.25, 0.3) is 11.0 Å². The molecule has 6 heteroatoms. The molecule has 1 aromatic heterocycles. The Kier molecular flexibility index (Phi) is 6.12. The molecule has 0 unspecified atom stereocenters. The Bertz CT molecular complexity index is 1050. The van der Waals surface area contributed by atoms with Gasteiger partial charge in [0.2, 0.25) is 11.8 Å². The number of carbonyl (C=O) groups is 2. The number of para-hydroxylation sites is 3. The summed E-state index contributed by atoms with van der Waals surface area (Å²) in [5, 5.41) is 6.03. The lowest BCUT2D eigenvalue weighted by atomic mass is 9.89. The first-order chi connectivity index (χ1) is 14.6. The van der Waals surface area contributed by atoms with E-state index < -0.39 is 0 Å². The smallest absolute Gasteiger partial charge is 0.244 e. The fourth-order valence-electron chi connectivity index (χ4n) is 4.16. The molecular formula is C24H28N4O2. The van der Waals surface area contributed by atoms with E-state index in [1.807, 2.05) is 60.0 Å². The second-order valence-corrected chi connectivity index (χ2v) is 8.02. The Morgan fingerprint density at radius 2 is 1.77 bits per heavy atom. The normalized spacial score (nSPS) is 14.6. The molecule has 1 heterocycles. The van der Waals surface area contributed by atoms with E-state index in [1.165, 1.54) is 6.42 Å². The van der Waals surface area contributed by atoms with Gasteiger partial charge in [-0.05, 0) is 43.5 Å². The predicted molar refractivity (Wildman–Crippen MR) is 118 cm³/mol. The van der Waals surface area contributed by atoms with E-state index in [1.54, 1.807) is 0 Å². The maximum Gasteiger partial charge on any atom is 0.244 e. The van der Waals surface area contributed by atoms with Crippen LogP contribution in [0.15, 0.2) is 48.5 Å². The lowest BCUT2D eigenvalue weighted by Gasteiger charge is -2.20. The van der Waals surface area contributed by atoms with Crippen molar-refractivity contribution in [3.63, 3.8) is 0 Å². The predicted octanol–water partition coefficient (Wildman–Crippen LogP) is 4.18. The molecule has 6 nitrogen and oxygen atoms in total. The molecule has 3 aromatic rings. The van der Waals surface area contributed by atoms with Gasteiger partial charge in [0.05, 0.1) is 17.6 Å². The maximum absolute atomic E-state index is 12.8. The molecule has 2 N–H and O–H groups in total. The third-order valence-electron chi connectivity index (χ3n) is 5.85. The number of amides is 2. The number of fused-ring (bicyclic) bond motifs is 1. The summed E-state index contributed by atoms with van der Waals surface area (Å²) in [5.41, 5.74) is 3.53. The molecule has 30 heavy (non-hydrogen) atoms. The van der Waals surface area contributed by atoms with E-state index in [0.717, 1.165) is 48.0 Å². The number of aryl methyl sites for hydroxylation is 1. The number of nitrogens with zero attached hydrogens (tertiary/aromatic N) is 2. The minimum Gasteiger partial charge on any atom is -0.349 e. The van der Waals surface area contributed by atoms with Crippen LogP contribution < -0.4 is 10.6 Å². The molecule has 1 aliphatic rings. The highest BCUT2D eigenvalue weighted by Crippen LogP contribution is 2.24. The second kappa shape index (κ2) is 9.11. The van der Waals surface area contributed by atoms with E-state index in [9.17, 15) is 9.59 Å². The fourth-order valence-corrected chi connectivity index (χ4v) is 4.16. The van der Waals surface area contributed by atoms with Crippen LogP contribution in [0.1, 0.15) is 43.5 Å². The molecule has 1 saturated carbocycles. The molecule has 156 valence electrons. The largest absolute Gasteiger partial charge is 0.349 e. The van der Waals surface area contributed by atoms with Gasteiger partial charge in [-0.15, -0.1) is 0 Å². The van der Waals surface area contributed by atoms with E-state index in [-0.39, 0.29) is 24.3 Å². The number of rotatable bonds is 6. The topological polar surface area (TPSA) is 76.0 Å². The number of imidazole rings is 1. The number of benzene rings is 2. The Morgan fingerprint density at radius 1 is 1.03 bits per heavy atom. The van der Waals surface area contributed by atoms with Crippen LogP contribution >= 0.6 is 0 Å². The zero-order valence-electron chi connectivity index (χ0n) is 17.4. The maximum atomic E-state index is 12.8. The molecule has 1 aliphatic carbocycles. The molecule has 0 atom stereocenters. The Hall–Kier alpha value is -3.15. The first-order valence-corrected chi connectivity index (χ1v) is 10.7. The third-order valence-corrected chi connectivity index (χ3v) is 5.85. The van der Waals surface area contributed by atoms with Gasteiger partial charge < -0.3 is 15.2 Å². The Morgan fingerprint density at radius 3 is 2.57 bits per heavy atom. The van der Waals surface area contributed by atoms with Crippen LogP contribution in [0, 0.1) is 12.8 Å². The van der Waals surface area contributed by atoms with Crippen molar-refractivity contribution >= 4 is 28.5 Å². The van der Waals surface area contributed by atoms with Gasteiger partial charge in [0.25, 0.3) is 0 Å². The zero-order chi connectivity index (χ0) is 20.9. The van der Waals surface area contributed by atoms with Crippen molar-refractivity contribution in [1.82, 2.24) is 14.9 Å². The number of hydrogen-bond acceptors (Lipinski definition) is 3. The summed E-state index contributed by atoms with van der Waals surface area (Å²) in [4.78, 5) is 30.0. The van der Waals surface area contributed by atoms with Crippen molar-refractivity contribution in [3.8, 4) is 0 Å². The third kappa shape index (κ3) is 4.53. The molecule has 0 bridgehead atoms. The summed E-state index contributed by atoms with van der Waals surface area (Å²) in [6.07, 6.45) is 5.38. The number of nitrogens with one attached hydrogen (secondary N) is 2. The molecule has 2 amide bonds. The SMILES string of the molecule is Cc1ccccc1NC(=O)Cn1c(CNC(=O)C2CCCCC2)nc2ccccc21. The lowest BCUT2D eigenvalue weighted by Crippen LogP contribution is -2.32. The van der Waals surface area contributed by atoms with Crippen LogP contribution in [0.4, 0.5) is 5.69 Å². The number of aromatic nitrogens is 2. The zero-order valence-corrected chi connectivity index (χ0v) is 17.4. The van der Waals surface area contributed by atoms with Crippen molar-refractivity contribution in [3.05, 3.63) is 59.9 Å². The highest BCUT2D eigenvalue weighted by atomic mass is 16.2. The van der Waals surface area contributed by atoms with Gasteiger partial charge in [0, 0.05) is 11.6 Å². The number of hydrogen-bond donors (Lipinski definition) is 2. The van der Waals surface area contributed by atoms with Gasteiger partial charge in [-0.1, -0.05) is 49.6 Å². The van der Waals surface area contributed by atoms with E-state index in [0.29, 0.717) is 12.4 Å². The standard InChI is InChI=1S/C24H28N4O2/c1-17-9-5-6-12-19(17)27-23(29)16-28-21-14-8-7-13-20(21)26-22(28)15-25-24(30)18-10-3-2-4-11-18/h5-9,12-14,18H,2-4,10-11,15-16H2,1H3,(H,25,30)(H,27,29). The minimum absolute atomic E-state index is 0.0951. The summed E-state index contributed by atoms with van der Waals surface area (Å²) < 4.78 is 1.89. The summed E-state index contributed by atoms with van der Waals surface area (Å²) in [6, 6.07) is 15.5. The van der Waals surface area contributed by atoms with Gasteiger partial charge in [-0.25, -0.2) is 4.98 Å². The Balaban J connectivity index is 1.50. The van der Waals surface area contributed by atoms with Crippen molar-refractivity contribution < 1.29 is 9.59 Å². The van der Waals surface area contributed by atoms with Crippen LogP contribution in [0.2, 0.25) is 0 Å². The highest BCUT2D eigenvalue weighted by Gasteiger charge is 2.22. The summed E-state index contributed by atoms with van der Waals surface area (Å²) >= 11 is 0. The molecular weight excluding hydrogens is 376 g/mol. The van der Waals surface area contributed by atoms with E-state index in [4.69, 9.17) is 0 Å². The monoisotopic (exact) mass is 404 g/mol. The fraction of sp³-hybridized carbons (Fsp3) is 0.375. The van der Waals surface area contributed by atoms with Gasteiger partial charge in [0.1, 0.15) is 12.4 Å². The van der Waals surface area contributed by atoms with Crippen LogP contribution in [-0.4, -0.2) is 21.4 Å². The summed E-state index contributed by atoms with van der Waals surface area (Å²) in [6.45, 7) is 2.43. The van der Waals surface area contributed by atoms with Crippen molar-refractivity contribution in [1.29, 1.82) is 0 Å². The van der Waals surface area contributed by atoms with Crippen LogP contribution in [0.5, 0.6) is 0 Å². The van der Waals surface area contributed by atoms with Gasteiger partial charge in [-0.3, -0.25) is 9.59 Å². The van der Waals surface area contributed by atoms with Crippen molar-refractivity contribution in [2.24, 2.45) is 5.92 Å². The van der Waals surface area contributed by atoms with Gasteiger partial charge in [-0.2, -0.15) is 0 Å². The van der Waals surface area contributed by atoms with Crippen LogP contribution in [-0.2, 0) is 22.7 Å². The molecule has 0 saturated heterocycles. The quantitative estimate of drug-likeness (QED) is 0.647. The first kappa shape index (κ1) is 20.1. The summed E-state index contributed by atoms with van der Waals surface area (Å²) in [5.74, 6) is 0.770.